The van der Waals surface area contributed by atoms with E-state index >= 15 is 0 Å². The van der Waals surface area contributed by atoms with E-state index in [-0.39, 0.29) is 29.7 Å². The van der Waals surface area contributed by atoms with E-state index in [4.69, 9.17) is 5.84 Å². The average Bonchev–Trinajstić information content (AvgIpc) is 3.24. The zero-order valence-corrected chi connectivity index (χ0v) is 14.0. The van der Waals surface area contributed by atoms with Crippen molar-refractivity contribution in [2.24, 2.45) is 11.8 Å². The van der Waals surface area contributed by atoms with Gasteiger partial charge in [-0.3, -0.25) is 15.0 Å². The van der Waals surface area contributed by atoms with E-state index in [1.807, 2.05) is 0 Å². The maximum atomic E-state index is 12.5. The molecule has 8 nitrogen and oxygen atoms in total. The molecule has 3 N–H and O–H groups in total. The van der Waals surface area contributed by atoms with Crippen LogP contribution in [0, 0.1) is 5.92 Å². The van der Waals surface area contributed by atoms with Crippen molar-refractivity contribution in [2.75, 3.05) is 24.5 Å². The molecule has 1 aromatic carbocycles. The summed E-state index contributed by atoms with van der Waals surface area (Å²) in [6.07, 6.45) is 1.85. The van der Waals surface area contributed by atoms with Gasteiger partial charge < -0.3 is 4.90 Å². The van der Waals surface area contributed by atoms with E-state index < -0.39 is 15.9 Å². The summed E-state index contributed by atoms with van der Waals surface area (Å²) in [6, 6.07) is 6.21. The van der Waals surface area contributed by atoms with Crippen molar-refractivity contribution in [1.82, 2.24) is 9.73 Å². The molecular formula is C15H20N4O4S. The van der Waals surface area contributed by atoms with Gasteiger partial charge in [0.1, 0.15) is 0 Å². The van der Waals surface area contributed by atoms with E-state index in [1.54, 1.807) is 12.1 Å². The zero-order chi connectivity index (χ0) is 17.3. The Morgan fingerprint density at radius 3 is 2.38 bits per heavy atom. The molecule has 2 amide bonds. The molecular weight excluding hydrogens is 332 g/mol. The first-order chi connectivity index (χ1) is 11.4. The van der Waals surface area contributed by atoms with Gasteiger partial charge in [0.2, 0.25) is 21.8 Å². The van der Waals surface area contributed by atoms with Gasteiger partial charge in [-0.15, -0.1) is 0 Å². The highest BCUT2D eigenvalue weighted by molar-refractivity contribution is 7.89. The topological polar surface area (TPSA) is 113 Å². The lowest BCUT2D eigenvalue weighted by atomic mass is 10.1. The summed E-state index contributed by atoms with van der Waals surface area (Å²) >= 11 is 0. The minimum absolute atomic E-state index is 0.0941. The van der Waals surface area contributed by atoms with E-state index in [2.05, 4.69) is 5.43 Å². The van der Waals surface area contributed by atoms with Crippen LogP contribution in [0.25, 0.3) is 0 Å². The maximum absolute atomic E-state index is 12.5. The molecule has 2 heterocycles. The number of hydrogen-bond acceptors (Lipinski definition) is 5. The zero-order valence-electron chi connectivity index (χ0n) is 13.1. The van der Waals surface area contributed by atoms with Crippen molar-refractivity contribution in [3.8, 4) is 0 Å². The quantitative estimate of drug-likeness (QED) is 0.443. The van der Waals surface area contributed by atoms with Crippen molar-refractivity contribution in [2.45, 2.75) is 24.2 Å². The number of hydrogen-bond donors (Lipinski definition) is 2. The molecule has 130 valence electrons. The van der Waals surface area contributed by atoms with Crippen LogP contribution < -0.4 is 16.2 Å². The van der Waals surface area contributed by atoms with E-state index in [0.717, 1.165) is 12.8 Å². The molecule has 1 aromatic rings. The Hall–Kier alpha value is -1.97. The maximum Gasteiger partial charge on any atom is 0.243 e. The Kier molecular flexibility index (Phi) is 4.57. The van der Waals surface area contributed by atoms with Crippen molar-refractivity contribution in [1.29, 1.82) is 0 Å². The molecule has 9 heteroatoms. The van der Waals surface area contributed by atoms with Gasteiger partial charge in [0, 0.05) is 31.7 Å². The molecule has 24 heavy (non-hydrogen) atoms. The molecule has 1 unspecified atom stereocenters. The summed E-state index contributed by atoms with van der Waals surface area (Å²) in [7, 11) is -3.47. The molecule has 0 bridgehead atoms. The first-order valence-electron chi connectivity index (χ1n) is 7.84. The largest absolute Gasteiger partial charge is 0.312 e. The van der Waals surface area contributed by atoms with Crippen molar-refractivity contribution in [3.05, 3.63) is 24.3 Å². The Morgan fingerprint density at radius 2 is 1.79 bits per heavy atom. The average molecular weight is 352 g/mol. The SMILES string of the molecule is NNC(=O)C1CC(=O)N(c2ccc(S(=O)(=O)N3CCCC3)cc2)C1. The van der Waals surface area contributed by atoms with E-state index in [0.29, 0.717) is 18.8 Å². The van der Waals surface area contributed by atoms with E-state index in [9.17, 15) is 18.0 Å². The van der Waals surface area contributed by atoms with Gasteiger partial charge in [-0.2, -0.15) is 4.31 Å². The first kappa shape index (κ1) is 16.9. The number of sulfonamides is 1. The Balaban J connectivity index is 1.77. The number of hydrazine groups is 1. The van der Waals surface area contributed by atoms with Gasteiger partial charge in [0.05, 0.1) is 10.8 Å². The smallest absolute Gasteiger partial charge is 0.243 e. The number of carbonyl (C=O) groups excluding carboxylic acids is 2. The van der Waals surface area contributed by atoms with Gasteiger partial charge in [-0.05, 0) is 37.1 Å². The Morgan fingerprint density at radius 1 is 1.17 bits per heavy atom. The number of anilines is 1. The fourth-order valence-corrected chi connectivity index (χ4v) is 4.64. The molecule has 0 spiro atoms. The van der Waals surface area contributed by atoms with Crippen LogP contribution in [-0.2, 0) is 19.6 Å². The molecule has 0 radical (unpaired) electrons. The predicted molar refractivity (Wildman–Crippen MR) is 87.2 cm³/mol. The number of carbonyl (C=O) groups is 2. The molecule has 0 saturated carbocycles. The van der Waals surface area contributed by atoms with E-state index in [1.165, 1.54) is 21.3 Å². The van der Waals surface area contributed by atoms with Gasteiger partial charge in [0.15, 0.2) is 0 Å². The van der Waals surface area contributed by atoms with Crippen LogP contribution in [0.3, 0.4) is 0 Å². The predicted octanol–water partition coefficient (Wildman–Crippen LogP) is -0.186. The van der Waals surface area contributed by atoms with Gasteiger partial charge in [0.25, 0.3) is 0 Å². The second-order valence-corrected chi connectivity index (χ2v) is 7.96. The van der Waals surface area contributed by atoms with Crippen LogP contribution in [0.2, 0.25) is 0 Å². The summed E-state index contributed by atoms with van der Waals surface area (Å²) in [5, 5.41) is 0. The lowest BCUT2D eigenvalue weighted by Crippen LogP contribution is -2.37. The van der Waals surface area contributed by atoms with Crippen LogP contribution in [0.5, 0.6) is 0 Å². The minimum Gasteiger partial charge on any atom is -0.312 e. The lowest BCUT2D eigenvalue weighted by Gasteiger charge is -2.19. The molecule has 2 saturated heterocycles. The first-order valence-corrected chi connectivity index (χ1v) is 9.28. The van der Waals surface area contributed by atoms with Crippen LogP contribution >= 0.6 is 0 Å². The summed E-state index contributed by atoms with van der Waals surface area (Å²) < 4.78 is 26.5. The normalized spacial score (nSPS) is 22.1. The van der Waals surface area contributed by atoms with Gasteiger partial charge >= 0.3 is 0 Å². The fourth-order valence-electron chi connectivity index (χ4n) is 3.13. The molecule has 0 aliphatic carbocycles. The number of benzene rings is 1. The highest BCUT2D eigenvalue weighted by atomic mass is 32.2. The Bertz CT molecular complexity index is 741. The summed E-state index contributed by atoms with van der Waals surface area (Å²) in [5.74, 6) is 4.06. The summed E-state index contributed by atoms with van der Waals surface area (Å²) in [6.45, 7) is 1.33. The second-order valence-electron chi connectivity index (χ2n) is 6.02. The number of amides is 2. The van der Waals surface area contributed by atoms with Crippen LogP contribution in [0.1, 0.15) is 19.3 Å². The molecule has 3 rings (SSSR count). The number of nitrogens with one attached hydrogen (secondary N) is 1. The molecule has 2 aliphatic heterocycles. The van der Waals surface area contributed by atoms with Crippen molar-refractivity contribution < 1.29 is 18.0 Å². The standard InChI is InChI=1S/C15H20N4O4S/c16-17-15(21)11-9-14(20)19(10-11)12-3-5-13(6-4-12)24(22,23)18-7-1-2-8-18/h3-6,11H,1-2,7-10,16H2,(H,17,21). The highest BCUT2D eigenvalue weighted by Crippen LogP contribution is 2.27. The third-order valence-corrected chi connectivity index (χ3v) is 6.40. The number of nitrogens with zero attached hydrogens (tertiary/aromatic N) is 2. The number of rotatable bonds is 4. The molecule has 1 atom stereocenters. The molecule has 2 fully saturated rings. The number of nitrogens with two attached hydrogens (primary N) is 1. The summed E-state index contributed by atoms with van der Waals surface area (Å²) in [4.78, 5) is 25.3. The minimum atomic E-state index is -3.47. The van der Waals surface area contributed by atoms with Crippen LogP contribution in [-0.4, -0.2) is 44.2 Å². The third-order valence-electron chi connectivity index (χ3n) is 4.49. The monoisotopic (exact) mass is 352 g/mol. The highest BCUT2D eigenvalue weighted by Gasteiger charge is 2.35. The van der Waals surface area contributed by atoms with Gasteiger partial charge in [-0.1, -0.05) is 0 Å². The van der Waals surface area contributed by atoms with Crippen molar-refractivity contribution >= 4 is 27.5 Å². The molecule has 0 aromatic heterocycles. The summed E-state index contributed by atoms with van der Waals surface area (Å²) in [5.41, 5.74) is 2.63. The third kappa shape index (κ3) is 3.02. The van der Waals surface area contributed by atoms with Crippen LogP contribution in [0.4, 0.5) is 5.69 Å². The lowest BCUT2D eigenvalue weighted by molar-refractivity contribution is -0.126. The fraction of sp³-hybridized carbons (Fsp3) is 0.467. The van der Waals surface area contributed by atoms with Crippen molar-refractivity contribution in [3.63, 3.8) is 0 Å². The second kappa shape index (κ2) is 6.50. The van der Waals surface area contributed by atoms with Crippen LogP contribution in [0.15, 0.2) is 29.2 Å². The van der Waals surface area contributed by atoms with Gasteiger partial charge in [-0.25, -0.2) is 14.3 Å². The molecule has 2 aliphatic rings. The Labute approximate surface area is 140 Å².